The minimum Gasteiger partial charge on any atom is -0.497 e. The van der Waals surface area contributed by atoms with Crippen LogP contribution in [0.5, 0.6) is 5.75 Å². The number of aromatic nitrogens is 1. The van der Waals surface area contributed by atoms with Gasteiger partial charge in [0.1, 0.15) is 5.75 Å². The number of aliphatic hydroxyl groups is 1. The largest absolute Gasteiger partial charge is 0.497 e. The van der Waals surface area contributed by atoms with Gasteiger partial charge in [0, 0.05) is 18.8 Å². The third-order valence-electron chi connectivity index (χ3n) is 2.40. The number of hydrogen-bond acceptors (Lipinski definition) is 5. The Kier molecular flexibility index (Phi) is 5.04. The molecule has 0 aliphatic heterocycles. The quantitative estimate of drug-likeness (QED) is 0.827. The summed E-state index contributed by atoms with van der Waals surface area (Å²) in [6.45, 7) is 0.163. The molecule has 0 saturated heterocycles. The van der Waals surface area contributed by atoms with Gasteiger partial charge >= 0.3 is 0 Å². The summed E-state index contributed by atoms with van der Waals surface area (Å²) in [6.07, 6.45) is 2.53. The van der Waals surface area contributed by atoms with Gasteiger partial charge in [0.25, 0.3) is 0 Å². The maximum absolute atomic E-state index is 8.83. The molecule has 18 heavy (non-hydrogen) atoms. The Balaban J connectivity index is 1.89. The predicted molar refractivity (Wildman–Crippen MR) is 75.5 cm³/mol. The highest BCUT2D eigenvalue weighted by Gasteiger charge is 2.03. The lowest BCUT2D eigenvalue weighted by Gasteiger charge is -2.02. The van der Waals surface area contributed by atoms with E-state index in [0.29, 0.717) is 6.42 Å². The van der Waals surface area contributed by atoms with Crippen molar-refractivity contribution in [3.8, 4) is 5.75 Å². The van der Waals surface area contributed by atoms with Crippen molar-refractivity contribution in [3.63, 3.8) is 0 Å². The van der Waals surface area contributed by atoms with Gasteiger partial charge in [0.15, 0.2) is 0 Å². The third kappa shape index (κ3) is 3.73. The van der Waals surface area contributed by atoms with E-state index in [1.54, 1.807) is 30.2 Å². The van der Waals surface area contributed by atoms with Crippen LogP contribution in [0.1, 0.15) is 10.6 Å². The van der Waals surface area contributed by atoms with E-state index in [-0.39, 0.29) is 6.61 Å². The molecule has 1 N–H and O–H groups in total. The molecule has 0 fully saturated rings. The molecule has 1 heterocycles. The second kappa shape index (κ2) is 6.78. The zero-order valence-corrected chi connectivity index (χ0v) is 11.8. The minimum absolute atomic E-state index is 0.163. The molecule has 0 unspecified atom stereocenters. The number of ether oxygens (including phenoxy) is 1. The summed E-state index contributed by atoms with van der Waals surface area (Å²) in [5.41, 5.74) is 1.26. The van der Waals surface area contributed by atoms with Crippen LogP contribution >= 0.6 is 23.1 Å². The maximum atomic E-state index is 8.83. The Hall–Kier alpha value is -1.04. The van der Waals surface area contributed by atoms with Crippen molar-refractivity contribution in [3.05, 3.63) is 41.0 Å². The van der Waals surface area contributed by atoms with Gasteiger partial charge in [-0.15, -0.1) is 23.1 Å². The zero-order chi connectivity index (χ0) is 12.8. The first-order chi connectivity index (χ1) is 8.81. The highest BCUT2D eigenvalue weighted by Crippen LogP contribution is 2.28. The fourth-order valence-electron chi connectivity index (χ4n) is 1.45. The second-order valence-electron chi connectivity index (χ2n) is 3.68. The average molecular weight is 281 g/mol. The van der Waals surface area contributed by atoms with Crippen molar-refractivity contribution < 1.29 is 9.84 Å². The molecule has 0 bridgehead atoms. The number of thiazole rings is 1. The van der Waals surface area contributed by atoms with E-state index in [4.69, 9.17) is 9.84 Å². The van der Waals surface area contributed by atoms with Crippen LogP contribution in [0.3, 0.4) is 0 Å². The molecule has 0 radical (unpaired) electrons. The molecule has 0 amide bonds. The summed E-state index contributed by atoms with van der Waals surface area (Å²) in [5, 5.41) is 9.83. The molecule has 1 aromatic heterocycles. The van der Waals surface area contributed by atoms with Gasteiger partial charge in [-0.25, -0.2) is 4.98 Å². The van der Waals surface area contributed by atoms with Gasteiger partial charge in [0.2, 0.25) is 0 Å². The predicted octanol–water partition coefficient (Wildman–Crippen LogP) is 2.98. The van der Waals surface area contributed by atoms with Crippen LogP contribution in [-0.4, -0.2) is 23.8 Å². The maximum Gasteiger partial charge on any atom is 0.118 e. The van der Waals surface area contributed by atoms with Gasteiger partial charge < -0.3 is 9.84 Å². The molecule has 0 aliphatic rings. The molecule has 0 atom stereocenters. The topological polar surface area (TPSA) is 42.4 Å². The Morgan fingerprint density at radius 3 is 2.78 bits per heavy atom. The summed E-state index contributed by atoms with van der Waals surface area (Å²) in [7, 11) is 1.67. The van der Waals surface area contributed by atoms with Crippen LogP contribution in [-0.2, 0) is 12.2 Å². The lowest BCUT2D eigenvalue weighted by molar-refractivity contribution is 0.299. The van der Waals surface area contributed by atoms with E-state index >= 15 is 0 Å². The summed E-state index contributed by atoms with van der Waals surface area (Å²) in [6, 6.07) is 8.09. The fourth-order valence-corrected chi connectivity index (χ4v) is 3.41. The molecule has 96 valence electrons. The summed E-state index contributed by atoms with van der Waals surface area (Å²) in [4.78, 5) is 4.26. The van der Waals surface area contributed by atoms with Gasteiger partial charge in [-0.3, -0.25) is 0 Å². The molecular formula is C13H15NO2S2. The third-order valence-corrected chi connectivity index (χ3v) is 4.72. The number of rotatable bonds is 6. The number of thioether (sulfide) groups is 1. The summed E-state index contributed by atoms with van der Waals surface area (Å²) < 4.78 is 6.31. The SMILES string of the molecule is COc1ccc(CSc2cnc(CCO)s2)cc1. The lowest BCUT2D eigenvalue weighted by atomic mass is 10.2. The Morgan fingerprint density at radius 2 is 2.11 bits per heavy atom. The van der Waals surface area contributed by atoms with Gasteiger partial charge in [-0.1, -0.05) is 12.1 Å². The van der Waals surface area contributed by atoms with E-state index in [2.05, 4.69) is 17.1 Å². The molecule has 3 nitrogen and oxygen atoms in total. The number of aliphatic hydroxyl groups excluding tert-OH is 1. The molecule has 2 aromatic rings. The van der Waals surface area contributed by atoms with E-state index in [1.807, 2.05) is 18.3 Å². The summed E-state index contributed by atoms with van der Waals surface area (Å²) >= 11 is 3.42. The first-order valence-electron chi connectivity index (χ1n) is 5.63. The monoisotopic (exact) mass is 281 g/mol. The van der Waals surface area contributed by atoms with Gasteiger partial charge in [-0.2, -0.15) is 0 Å². The Morgan fingerprint density at radius 1 is 1.33 bits per heavy atom. The number of hydrogen-bond donors (Lipinski definition) is 1. The van der Waals surface area contributed by atoms with E-state index in [9.17, 15) is 0 Å². The molecule has 0 spiro atoms. The highest BCUT2D eigenvalue weighted by molar-refractivity contribution is 8.00. The van der Waals surface area contributed by atoms with Crippen molar-refractivity contribution in [1.82, 2.24) is 4.98 Å². The zero-order valence-electron chi connectivity index (χ0n) is 10.1. The standard InChI is InChI=1S/C13H15NO2S2/c1-16-11-4-2-10(3-5-11)9-17-13-8-14-12(18-13)6-7-15/h2-5,8,15H,6-7,9H2,1H3. The van der Waals surface area contributed by atoms with Crippen molar-refractivity contribution in [2.24, 2.45) is 0 Å². The normalized spacial score (nSPS) is 10.6. The van der Waals surface area contributed by atoms with Crippen molar-refractivity contribution >= 4 is 23.1 Å². The number of nitrogens with zero attached hydrogens (tertiary/aromatic N) is 1. The lowest BCUT2D eigenvalue weighted by Crippen LogP contribution is -1.87. The average Bonchev–Trinajstić information content (AvgIpc) is 2.85. The number of benzene rings is 1. The first-order valence-corrected chi connectivity index (χ1v) is 7.43. The van der Waals surface area contributed by atoms with Gasteiger partial charge in [0.05, 0.1) is 22.5 Å². The second-order valence-corrected chi connectivity index (χ2v) is 6.07. The molecule has 1 aromatic carbocycles. The van der Waals surface area contributed by atoms with Crippen LogP contribution in [0, 0.1) is 0 Å². The molecule has 0 saturated carbocycles. The first kappa shape index (κ1) is 13.4. The van der Waals surface area contributed by atoms with E-state index < -0.39 is 0 Å². The van der Waals surface area contributed by atoms with E-state index in [0.717, 1.165) is 16.5 Å². The minimum atomic E-state index is 0.163. The van der Waals surface area contributed by atoms with Crippen molar-refractivity contribution in [2.45, 2.75) is 16.4 Å². The van der Waals surface area contributed by atoms with Crippen LogP contribution in [0.2, 0.25) is 0 Å². The smallest absolute Gasteiger partial charge is 0.118 e. The van der Waals surface area contributed by atoms with Crippen molar-refractivity contribution in [1.29, 1.82) is 0 Å². The molecule has 2 rings (SSSR count). The van der Waals surface area contributed by atoms with Crippen molar-refractivity contribution in [2.75, 3.05) is 13.7 Å². The van der Waals surface area contributed by atoms with Crippen LogP contribution < -0.4 is 4.74 Å². The Bertz CT molecular complexity index is 482. The van der Waals surface area contributed by atoms with Gasteiger partial charge in [-0.05, 0) is 17.7 Å². The van der Waals surface area contributed by atoms with Crippen LogP contribution in [0.15, 0.2) is 34.7 Å². The van der Waals surface area contributed by atoms with Crippen LogP contribution in [0.25, 0.3) is 0 Å². The number of methoxy groups -OCH3 is 1. The molecule has 0 aliphatic carbocycles. The van der Waals surface area contributed by atoms with E-state index in [1.165, 1.54) is 9.77 Å². The van der Waals surface area contributed by atoms with Crippen LogP contribution in [0.4, 0.5) is 0 Å². The summed E-state index contributed by atoms with van der Waals surface area (Å²) in [5.74, 6) is 1.80. The Labute approximate surface area is 115 Å². The molecule has 5 heteroatoms. The fraction of sp³-hybridized carbons (Fsp3) is 0.308. The molecular weight excluding hydrogens is 266 g/mol. The highest BCUT2D eigenvalue weighted by atomic mass is 32.2.